The molecule has 0 radical (unpaired) electrons. The molecule has 0 saturated carbocycles. The van der Waals surface area contributed by atoms with Gasteiger partial charge in [-0.25, -0.2) is 8.42 Å². The molecule has 3 aromatic rings. The van der Waals surface area contributed by atoms with Crippen LogP contribution in [-0.4, -0.2) is 52.2 Å². The first-order valence-corrected chi connectivity index (χ1v) is 21.4. The molecule has 204 valence electrons. The van der Waals surface area contributed by atoms with E-state index in [4.69, 9.17) is 0 Å². The molecule has 1 aliphatic heterocycles. The average Bonchev–Trinajstić information content (AvgIpc) is 3.18. The van der Waals surface area contributed by atoms with Crippen LogP contribution in [0, 0.1) is 12.8 Å². The third-order valence-corrected chi connectivity index (χ3v) is 18.1. The van der Waals surface area contributed by atoms with Crippen molar-refractivity contribution in [3.8, 4) is 0 Å². The number of benzene rings is 3. The summed E-state index contributed by atoms with van der Waals surface area (Å²) >= 11 is 0. The van der Waals surface area contributed by atoms with Crippen molar-refractivity contribution in [2.45, 2.75) is 81.6 Å². The second-order valence-electron chi connectivity index (χ2n) is 12.5. The number of aliphatic hydroxyl groups excluding tert-OH is 1. The van der Waals surface area contributed by atoms with Gasteiger partial charge < -0.3 is 5.11 Å². The quantitative estimate of drug-likeness (QED) is 0.375. The van der Waals surface area contributed by atoms with Gasteiger partial charge in [0.1, 0.15) is 0 Å². The Hall–Kier alpha value is -2.04. The van der Waals surface area contributed by atoms with Gasteiger partial charge in [-0.15, -0.1) is 0 Å². The zero-order valence-corrected chi connectivity index (χ0v) is 26.6. The fourth-order valence-corrected chi connectivity index (χ4v) is 15.5. The van der Waals surface area contributed by atoms with E-state index in [-0.39, 0.29) is 17.5 Å². The molecule has 0 amide bonds. The Morgan fingerprint density at radius 2 is 1.32 bits per heavy atom. The Morgan fingerprint density at radius 3 is 1.82 bits per heavy atom. The van der Waals surface area contributed by atoms with Crippen molar-refractivity contribution in [1.29, 1.82) is 0 Å². The lowest BCUT2D eigenvalue weighted by molar-refractivity contribution is 0.115. The topological polar surface area (TPSA) is 57.6 Å². The second-order valence-corrected chi connectivity index (χ2v) is 23.8. The third-order valence-electron chi connectivity index (χ3n) is 8.66. The summed E-state index contributed by atoms with van der Waals surface area (Å²) in [6, 6.07) is 28.2. The highest BCUT2D eigenvalue weighted by Crippen LogP contribution is 2.49. The number of nitrogens with zero attached hydrogens (tertiary/aromatic N) is 1. The monoisotopic (exact) mass is 565 g/mol. The third kappa shape index (κ3) is 5.36. The minimum Gasteiger partial charge on any atom is -0.391 e. The maximum atomic E-state index is 14.5. The van der Waals surface area contributed by atoms with Gasteiger partial charge in [-0.05, 0) is 31.0 Å². The van der Waals surface area contributed by atoms with E-state index in [0.29, 0.717) is 4.90 Å². The maximum absolute atomic E-state index is 14.5. The lowest BCUT2D eigenvalue weighted by atomic mass is 10.00. The summed E-state index contributed by atoms with van der Waals surface area (Å²) < 4.78 is 30.7. The van der Waals surface area contributed by atoms with Crippen LogP contribution in [0.3, 0.4) is 0 Å². The second kappa shape index (κ2) is 10.9. The molecular weight excluding hydrogens is 523 g/mol. The van der Waals surface area contributed by atoms with Crippen LogP contribution in [0.4, 0.5) is 0 Å². The molecule has 3 aromatic carbocycles. The predicted molar refractivity (Wildman–Crippen MR) is 164 cm³/mol. The van der Waals surface area contributed by atoms with Crippen molar-refractivity contribution in [2.75, 3.05) is 0 Å². The number of aliphatic hydroxyl groups is 1. The molecule has 4 atom stereocenters. The van der Waals surface area contributed by atoms with Crippen LogP contribution in [0.25, 0.3) is 0 Å². The zero-order valence-electron chi connectivity index (χ0n) is 23.8. The van der Waals surface area contributed by atoms with Crippen LogP contribution >= 0.6 is 0 Å². The van der Waals surface area contributed by atoms with Crippen LogP contribution in [-0.2, 0) is 10.0 Å². The van der Waals surface area contributed by atoms with E-state index >= 15 is 0 Å². The molecule has 0 bridgehead atoms. The van der Waals surface area contributed by atoms with E-state index < -0.39 is 38.3 Å². The first-order chi connectivity index (χ1) is 17.8. The molecule has 0 aromatic heterocycles. The Bertz CT molecular complexity index is 1330. The first-order valence-electron chi connectivity index (χ1n) is 13.7. The molecule has 1 heterocycles. The highest BCUT2D eigenvalue weighted by molar-refractivity contribution is 7.89. The molecule has 38 heavy (non-hydrogen) atoms. The van der Waals surface area contributed by atoms with E-state index in [1.165, 1.54) is 10.4 Å². The molecular formula is C31H43NO3SSi2. The molecule has 1 saturated heterocycles. The molecule has 1 fully saturated rings. The summed E-state index contributed by atoms with van der Waals surface area (Å²) in [7, 11) is -8.25. The summed E-state index contributed by atoms with van der Waals surface area (Å²) in [4.78, 5) is 0.310. The van der Waals surface area contributed by atoms with Gasteiger partial charge in [0.15, 0.2) is 0 Å². The Morgan fingerprint density at radius 1 is 0.816 bits per heavy atom. The molecule has 7 heteroatoms. The Kier molecular flexibility index (Phi) is 8.27. The standard InChI is InChI=1S/C31H43NO3SSi2/c1-23(2)29-30(33)31(38(6,7)27-16-12-9-13-17-27)28(22-37(4,5)26-14-10-8-11-15-26)32(29)36(34,35)25-20-18-24(3)19-21-25/h8-21,23,28-31,33H,22H2,1-7H3/t28-,29+,30-,31-/m1/s1. The van der Waals surface area contributed by atoms with Gasteiger partial charge in [0.25, 0.3) is 0 Å². The van der Waals surface area contributed by atoms with Crippen molar-refractivity contribution >= 4 is 36.5 Å². The Labute approximate surface area is 231 Å². The van der Waals surface area contributed by atoms with Crippen molar-refractivity contribution in [2.24, 2.45) is 5.92 Å². The van der Waals surface area contributed by atoms with Crippen LogP contribution in [0.15, 0.2) is 89.8 Å². The van der Waals surface area contributed by atoms with Crippen molar-refractivity contribution in [3.05, 3.63) is 90.5 Å². The maximum Gasteiger partial charge on any atom is 0.243 e. The lowest BCUT2D eigenvalue weighted by Crippen LogP contribution is -2.56. The van der Waals surface area contributed by atoms with E-state index in [2.05, 4.69) is 74.7 Å². The SMILES string of the molecule is Cc1ccc(S(=O)(=O)N2[C@H](C[Si](C)(C)c3ccccc3)[C@@H]([Si](C)(C)c3ccccc3)[C@H](O)[C@@H]2C(C)C)cc1. The van der Waals surface area contributed by atoms with Crippen LogP contribution in [0.2, 0.25) is 37.8 Å². The predicted octanol–water partition coefficient (Wildman–Crippen LogP) is 5.35. The number of hydrogen-bond donors (Lipinski definition) is 1. The van der Waals surface area contributed by atoms with Crippen LogP contribution in [0.1, 0.15) is 19.4 Å². The molecule has 0 aliphatic carbocycles. The summed E-state index contributed by atoms with van der Waals surface area (Å²) in [6.07, 6.45) is -0.734. The van der Waals surface area contributed by atoms with E-state index in [1.54, 1.807) is 16.4 Å². The van der Waals surface area contributed by atoms with Crippen molar-refractivity contribution in [3.63, 3.8) is 0 Å². The van der Waals surface area contributed by atoms with Gasteiger partial charge in [-0.1, -0.05) is 129 Å². The van der Waals surface area contributed by atoms with E-state index in [0.717, 1.165) is 11.6 Å². The first kappa shape index (κ1) is 29.0. The fraction of sp³-hybridized carbons (Fsp3) is 0.419. The van der Waals surface area contributed by atoms with E-state index in [9.17, 15) is 13.5 Å². The fourth-order valence-electron chi connectivity index (χ4n) is 6.54. The summed E-state index contributed by atoms with van der Waals surface area (Å²) in [6.45, 7) is 15.3. The molecule has 0 unspecified atom stereocenters. The smallest absolute Gasteiger partial charge is 0.243 e. The van der Waals surface area contributed by atoms with Crippen molar-refractivity contribution < 1.29 is 13.5 Å². The molecule has 4 rings (SSSR count). The largest absolute Gasteiger partial charge is 0.391 e. The van der Waals surface area contributed by atoms with Gasteiger partial charge in [-0.3, -0.25) is 0 Å². The normalized spacial score (nSPS) is 23.2. The average molecular weight is 566 g/mol. The van der Waals surface area contributed by atoms with E-state index in [1.807, 2.05) is 45.0 Å². The van der Waals surface area contributed by atoms with Gasteiger partial charge >= 0.3 is 0 Å². The van der Waals surface area contributed by atoms with Crippen LogP contribution in [0.5, 0.6) is 0 Å². The summed E-state index contributed by atoms with van der Waals surface area (Å²) in [5, 5.41) is 14.7. The molecule has 0 spiro atoms. The highest BCUT2D eigenvalue weighted by atomic mass is 32.2. The number of rotatable bonds is 8. The van der Waals surface area contributed by atoms with Gasteiger partial charge in [0.2, 0.25) is 10.0 Å². The summed E-state index contributed by atoms with van der Waals surface area (Å²) in [5.74, 6) is -0.0280. The van der Waals surface area contributed by atoms with Gasteiger partial charge in [0.05, 0.1) is 33.2 Å². The summed E-state index contributed by atoms with van der Waals surface area (Å²) in [5.41, 5.74) is 0.892. The highest BCUT2D eigenvalue weighted by Gasteiger charge is 2.60. The minimum atomic E-state index is -3.84. The van der Waals surface area contributed by atoms with Gasteiger partial charge in [-0.2, -0.15) is 4.31 Å². The minimum absolute atomic E-state index is 0.0280. The van der Waals surface area contributed by atoms with Gasteiger partial charge in [0, 0.05) is 11.6 Å². The number of aryl methyl sites for hydroxylation is 1. The number of sulfonamides is 1. The lowest BCUT2D eigenvalue weighted by Gasteiger charge is -2.40. The molecule has 1 aliphatic rings. The van der Waals surface area contributed by atoms with Crippen LogP contribution < -0.4 is 10.4 Å². The molecule has 4 nitrogen and oxygen atoms in total. The number of hydrogen-bond acceptors (Lipinski definition) is 3. The zero-order chi connectivity index (χ0) is 27.9. The van der Waals surface area contributed by atoms with Crippen molar-refractivity contribution in [1.82, 2.24) is 4.31 Å². The molecule has 1 N–H and O–H groups in total. The Balaban J connectivity index is 1.92.